The predicted molar refractivity (Wildman–Crippen MR) is 85.6 cm³/mol. The standard InChI is InChI=1S/C19H25NO/c1-2-11-20-12-10-19-9-4-3-6-16(19)17(20)13-14-15(19)7-5-8-18(14)21/h2,5,7-8,16-17,21H,1,3-4,6,9-13H2/t16-,17+,19-/m0/s1. The van der Waals surface area contributed by atoms with Gasteiger partial charge in [0.25, 0.3) is 0 Å². The van der Waals surface area contributed by atoms with Crippen LogP contribution < -0.4 is 0 Å². The van der Waals surface area contributed by atoms with Gasteiger partial charge in [-0.25, -0.2) is 0 Å². The Bertz CT molecular complexity index is 567. The van der Waals surface area contributed by atoms with Crippen LogP contribution >= 0.6 is 0 Å². The summed E-state index contributed by atoms with van der Waals surface area (Å²) in [5, 5.41) is 10.4. The Morgan fingerprint density at radius 3 is 3.10 bits per heavy atom. The largest absolute Gasteiger partial charge is 0.508 e. The minimum Gasteiger partial charge on any atom is -0.508 e. The summed E-state index contributed by atoms with van der Waals surface area (Å²) in [7, 11) is 0. The van der Waals surface area contributed by atoms with Crippen molar-refractivity contribution in [1.29, 1.82) is 0 Å². The second-order valence-corrected chi connectivity index (χ2v) is 7.12. The molecule has 1 aromatic carbocycles. The molecule has 1 heterocycles. The Kier molecular flexibility index (Phi) is 3.11. The SMILES string of the molecule is C=CCN1CC[C@]23CCCC[C@H]2[C@H]1Cc1c(O)cccc13. The smallest absolute Gasteiger partial charge is 0.119 e. The van der Waals surface area contributed by atoms with E-state index in [-0.39, 0.29) is 0 Å². The van der Waals surface area contributed by atoms with Gasteiger partial charge in [0.05, 0.1) is 0 Å². The Hall–Kier alpha value is -1.28. The van der Waals surface area contributed by atoms with Crippen molar-refractivity contribution in [1.82, 2.24) is 4.90 Å². The van der Waals surface area contributed by atoms with Crippen LogP contribution in [0.25, 0.3) is 0 Å². The number of hydrogen-bond acceptors (Lipinski definition) is 2. The zero-order valence-electron chi connectivity index (χ0n) is 12.7. The number of benzene rings is 1. The first kappa shape index (κ1) is 13.4. The molecule has 21 heavy (non-hydrogen) atoms. The summed E-state index contributed by atoms with van der Waals surface area (Å²) in [5.74, 6) is 1.29. The van der Waals surface area contributed by atoms with Gasteiger partial charge in [-0.2, -0.15) is 0 Å². The molecule has 1 saturated heterocycles. The van der Waals surface area contributed by atoms with Gasteiger partial charge in [0.15, 0.2) is 0 Å². The molecular formula is C19H25NO. The quantitative estimate of drug-likeness (QED) is 0.838. The summed E-state index contributed by atoms with van der Waals surface area (Å²) >= 11 is 0. The van der Waals surface area contributed by atoms with Gasteiger partial charge in [-0.15, -0.1) is 6.58 Å². The van der Waals surface area contributed by atoms with Gasteiger partial charge in [0.1, 0.15) is 5.75 Å². The molecule has 0 spiro atoms. The van der Waals surface area contributed by atoms with Crippen molar-refractivity contribution >= 4 is 0 Å². The van der Waals surface area contributed by atoms with Crippen LogP contribution in [-0.4, -0.2) is 29.1 Å². The van der Waals surface area contributed by atoms with Crippen LogP contribution in [0, 0.1) is 5.92 Å². The molecule has 0 amide bonds. The molecule has 1 aliphatic heterocycles. The lowest BCUT2D eigenvalue weighted by atomic mass is 9.52. The van der Waals surface area contributed by atoms with Crippen molar-refractivity contribution < 1.29 is 5.11 Å². The second-order valence-electron chi connectivity index (χ2n) is 7.12. The number of aromatic hydroxyl groups is 1. The monoisotopic (exact) mass is 283 g/mol. The van der Waals surface area contributed by atoms with E-state index in [1.807, 2.05) is 18.2 Å². The summed E-state index contributed by atoms with van der Waals surface area (Å²) < 4.78 is 0. The zero-order valence-corrected chi connectivity index (χ0v) is 12.7. The fourth-order valence-corrected chi connectivity index (χ4v) is 5.50. The van der Waals surface area contributed by atoms with Crippen molar-refractivity contribution in [2.75, 3.05) is 13.1 Å². The number of phenols is 1. The molecule has 4 rings (SSSR count). The molecule has 2 aliphatic carbocycles. The highest BCUT2D eigenvalue weighted by Gasteiger charge is 2.53. The van der Waals surface area contributed by atoms with Gasteiger partial charge in [-0.1, -0.05) is 31.1 Å². The van der Waals surface area contributed by atoms with Gasteiger partial charge in [-0.3, -0.25) is 4.90 Å². The number of fused-ring (bicyclic) bond motifs is 1. The molecular weight excluding hydrogens is 258 g/mol. The van der Waals surface area contributed by atoms with Gasteiger partial charge in [-0.05, 0) is 55.3 Å². The maximum Gasteiger partial charge on any atom is 0.119 e. The third-order valence-electron chi connectivity index (χ3n) is 6.34. The van der Waals surface area contributed by atoms with Crippen LogP contribution in [0.4, 0.5) is 0 Å². The van der Waals surface area contributed by atoms with E-state index >= 15 is 0 Å². The van der Waals surface area contributed by atoms with Crippen molar-refractivity contribution in [3.8, 4) is 5.75 Å². The molecule has 0 unspecified atom stereocenters. The molecule has 2 bridgehead atoms. The van der Waals surface area contributed by atoms with Gasteiger partial charge in [0, 0.05) is 18.0 Å². The summed E-state index contributed by atoms with van der Waals surface area (Å²) in [6.45, 7) is 6.10. The summed E-state index contributed by atoms with van der Waals surface area (Å²) in [4.78, 5) is 2.61. The van der Waals surface area contributed by atoms with Crippen molar-refractivity contribution in [3.05, 3.63) is 42.0 Å². The van der Waals surface area contributed by atoms with E-state index in [9.17, 15) is 5.11 Å². The average molecular weight is 283 g/mol. The van der Waals surface area contributed by atoms with Crippen LogP contribution in [0.3, 0.4) is 0 Å². The first-order valence-corrected chi connectivity index (χ1v) is 8.42. The zero-order chi connectivity index (χ0) is 14.4. The van der Waals surface area contributed by atoms with E-state index < -0.39 is 0 Å². The van der Waals surface area contributed by atoms with E-state index in [2.05, 4.69) is 17.5 Å². The van der Waals surface area contributed by atoms with E-state index in [1.54, 1.807) is 0 Å². The maximum atomic E-state index is 10.4. The number of rotatable bonds is 2. The Labute approximate surface area is 127 Å². The maximum absolute atomic E-state index is 10.4. The predicted octanol–water partition coefficient (Wildman–Crippen LogP) is 3.64. The second kappa shape index (κ2) is 4.88. The molecule has 0 radical (unpaired) electrons. The van der Waals surface area contributed by atoms with Crippen molar-refractivity contribution in [2.45, 2.75) is 50.0 Å². The molecule has 0 aromatic heterocycles. The third kappa shape index (κ3) is 1.81. The van der Waals surface area contributed by atoms with Crippen LogP contribution in [0.5, 0.6) is 5.75 Å². The summed E-state index contributed by atoms with van der Waals surface area (Å²) in [6.07, 6.45) is 9.69. The number of likely N-dealkylation sites (tertiary alicyclic amines) is 1. The van der Waals surface area contributed by atoms with Crippen LogP contribution in [0.1, 0.15) is 43.2 Å². The number of nitrogens with zero attached hydrogens (tertiary/aromatic N) is 1. The Balaban J connectivity index is 1.85. The number of piperidine rings is 1. The van der Waals surface area contributed by atoms with E-state index in [0.717, 1.165) is 18.9 Å². The molecule has 2 heteroatoms. The van der Waals surface area contributed by atoms with Crippen LogP contribution in [0.2, 0.25) is 0 Å². The first-order valence-electron chi connectivity index (χ1n) is 8.42. The van der Waals surface area contributed by atoms with E-state index in [4.69, 9.17) is 0 Å². The molecule has 2 fully saturated rings. The lowest BCUT2D eigenvalue weighted by Gasteiger charge is -2.59. The highest BCUT2D eigenvalue weighted by molar-refractivity contribution is 5.48. The highest BCUT2D eigenvalue weighted by atomic mass is 16.3. The molecule has 3 atom stereocenters. The summed E-state index contributed by atoms with van der Waals surface area (Å²) in [6, 6.07) is 6.81. The lowest BCUT2D eigenvalue weighted by Crippen LogP contribution is -2.60. The highest BCUT2D eigenvalue weighted by Crippen LogP contribution is 2.56. The number of phenolic OH excluding ortho intramolecular Hbond substituents is 1. The molecule has 1 aromatic rings. The molecule has 1 saturated carbocycles. The van der Waals surface area contributed by atoms with Gasteiger partial charge < -0.3 is 5.11 Å². The van der Waals surface area contributed by atoms with Gasteiger partial charge >= 0.3 is 0 Å². The first-order chi connectivity index (χ1) is 10.3. The normalized spacial score (nSPS) is 34.9. The third-order valence-corrected chi connectivity index (χ3v) is 6.34. The average Bonchev–Trinajstić information content (AvgIpc) is 2.51. The Morgan fingerprint density at radius 2 is 2.24 bits per heavy atom. The van der Waals surface area contributed by atoms with Crippen molar-refractivity contribution in [3.63, 3.8) is 0 Å². The van der Waals surface area contributed by atoms with Crippen molar-refractivity contribution in [2.24, 2.45) is 5.92 Å². The Morgan fingerprint density at radius 1 is 1.33 bits per heavy atom. The van der Waals surface area contributed by atoms with E-state index in [0.29, 0.717) is 17.2 Å². The molecule has 3 aliphatic rings. The minimum atomic E-state index is 0.340. The van der Waals surface area contributed by atoms with Gasteiger partial charge in [0.2, 0.25) is 0 Å². The molecule has 2 nitrogen and oxygen atoms in total. The van der Waals surface area contributed by atoms with Crippen LogP contribution in [0.15, 0.2) is 30.9 Å². The fourth-order valence-electron chi connectivity index (χ4n) is 5.50. The lowest BCUT2D eigenvalue weighted by molar-refractivity contribution is -0.00561. The number of hydrogen-bond donors (Lipinski definition) is 1. The molecule has 112 valence electrons. The topological polar surface area (TPSA) is 23.5 Å². The minimum absolute atomic E-state index is 0.340. The summed E-state index contributed by atoms with van der Waals surface area (Å²) in [5.41, 5.74) is 3.04. The van der Waals surface area contributed by atoms with E-state index in [1.165, 1.54) is 49.8 Å². The van der Waals surface area contributed by atoms with Crippen LogP contribution in [-0.2, 0) is 11.8 Å². The molecule has 1 N–H and O–H groups in total. The fraction of sp³-hybridized carbons (Fsp3) is 0.579.